The van der Waals surface area contributed by atoms with Crippen molar-refractivity contribution in [2.24, 2.45) is 5.73 Å². The molecule has 7 heteroatoms. The molecule has 0 atom stereocenters. The van der Waals surface area contributed by atoms with E-state index < -0.39 is 7.29 Å². The maximum atomic E-state index is 10.7. The lowest BCUT2D eigenvalue weighted by molar-refractivity contribution is -0.140. The third-order valence-corrected chi connectivity index (χ3v) is 1.68. The summed E-state index contributed by atoms with van der Waals surface area (Å²) in [7, 11) is -2.32. The van der Waals surface area contributed by atoms with Crippen molar-refractivity contribution in [3.8, 4) is 0 Å². The molecule has 0 rings (SSSR count). The number of hydrogen-bond donors (Lipinski definition) is 3. The van der Waals surface area contributed by atoms with Crippen molar-refractivity contribution in [2.45, 2.75) is 20.3 Å². The summed E-state index contributed by atoms with van der Waals surface area (Å²) >= 11 is 0. The highest BCUT2D eigenvalue weighted by atomic mass is 31.2. The lowest BCUT2D eigenvalue weighted by Crippen LogP contribution is -2.26. The van der Waals surface area contributed by atoms with Crippen LogP contribution in [0.25, 0.3) is 0 Å². The molecule has 0 aliphatic heterocycles. The monoisotopic (exact) mass is 237 g/mol. The highest BCUT2D eigenvalue weighted by molar-refractivity contribution is 7.61. The molecule has 0 saturated carbocycles. The van der Waals surface area contributed by atoms with Gasteiger partial charge in [0, 0.05) is 20.3 Å². The normalized spacial score (nSPS) is 9.60. The van der Waals surface area contributed by atoms with E-state index in [1.807, 2.05) is 6.92 Å². The fourth-order valence-electron chi connectivity index (χ4n) is 0.536. The Kier molecular flexibility index (Phi) is 9.07. The Labute approximate surface area is 90.5 Å². The molecule has 90 valence electrons. The Bertz CT molecular complexity index is 250. The minimum atomic E-state index is -2.32. The molecule has 6 nitrogen and oxygen atoms in total. The molecule has 0 unspecified atom stereocenters. The number of nitrogens with one attached hydrogen (secondary N) is 2. The zero-order valence-corrected chi connectivity index (χ0v) is 10.6. The quantitative estimate of drug-likeness (QED) is 0.293. The molecule has 4 N–H and O–H groups in total. The summed E-state index contributed by atoms with van der Waals surface area (Å²) < 4.78 is 15.2. The largest absolute Gasteiger partial charge is 0.466 e. The first-order valence-corrected chi connectivity index (χ1v) is 7.09. The maximum absolute atomic E-state index is 10.7. The third kappa shape index (κ3) is 24.6. The highest BCUT2D eigenvalue weighted by Gasteiger charge is 2.03. The molecule has 0 amide bonds. The zero-order valence-electron chi connectivity index (χ0n) is 9.66. The van der Waals surface area contributed by atoms with Gasteiger partial charge < -0.3 is 20.1 Å². The second kappa shape index (κ2) is 8.29. The SMILES string of the molecule is CCCOC(C)=O.CP(C)(=O)NC(=N)N. The van der Waals surface area contributed by atoms with Gasteiger partial charge in [0.1, 0.15) is 0 Å². The zero-order chi connectivity index (χ0) is 12.5. The second-order valence-electron chi connectivity index (χ2n) is 3.22. The van der Waals surface area contributed by atoms with Gasteiger partial charge in [-0.2, -0.15) is 0 Å². The molecule has 0 spiro atoms. The van der Waals surface area contributed by atoms with Crippen LogP contribution in [0.15, 0.2) is 0 Å². The van der Waals surface area contributed by atoms with Crippen LogP contribution in [0.5, 0.6) is 0 Å². The topological polar surface area (TPSA) is 105 Å². The number of nitrogens with two attached hydrogens (primary N) is 1. The van der Waals surface area contributed by atoms with Crippen LogP contribution in [-0.2, 0) is 14.1 Å². The molecule has 15 heavy (non-hydrogen) atoms. The number of guanidine groups is 1. The van der Waals surface area contributed by atoms with E-state index in [1.165, 1.54) is 20.3 Å². The molecule has 0 bridgehead atoms. The van der Waals surface area contributed by atoms with Gasteiger partial charge in [0.2, 0.25) is 0 Å². The van der Waals surface area contributed by atoms with Crippen molar-refractivity contribution < 1.29 is 14.1 Å². The molecule has 0 heterocycles. The van der Waals surface area contributed by atoms with Crippen molar-refractivity contribution in [3.63, 3.8) is 0 Å². The second-order valence-corrected chi connectivity index (χ2v) is 6.14. The minimum absolute atomic E-state index is 0.193. The number of ether oxygens (including phenoxy) is 1. The summed E-state index contributed by atoms with van der Waals surface area (Å²) in [6.07, 6.45) is 0.902. The van der Waals surface area contributed by atoms with E-state index in [2.05, 4.69) is 9.82 Å². The molecule has 0 aromatic carbocycles. The van der Waals surface area contributed by atoms with Crippen molar-refractivity contribution in [1.29, 1.82) is 5.41 Å². The van der Waals surface area contributed by atoms with Crippen LogP contribution in [0, 0.1) is 5.41 Å². The first-order chi connectivity index (χ1) is 6.69. The number of hydrogen-bond acceptors (Lipinski definition) is 4. The van der Waals surface area contributed by atoms with Gasteiger partial charge in [-0.25, -0.2) is 0 Å². The van der Waals surface area contributed by atoms with E-state index in [0.717, 1.165) is 6.42 Å². The van der Waals surface area contributed by atoms with Gasteiger partial charge in [0.05, 0.1) is 6.61 Å². The van der Waals surface area contributed by atoms with E-state index in [0.29, 0.717) is 6.61 Å². The average Bonchev–Trinajstić information content (AvgIpc) is 1.96. The third-order valence-electron chi connectivity index (χ3n) is 0.899. The Morgan fingerprint density at radius 2 is 2.00 bits per heavy atom. The summed E-state index contributed by atoms with van der Waals surface area (Å²) in [6.45, 7) is 6.94. The van der Waals surface area contributed by atoms with Gasteiger partial charge in [-0.15, -0.1) is 0 Å². The van der Waals surface area contributed by atoms with Crippen molar-refractivity contribution in [1.82, 2.24) is 5.09 Å². The smallest absolute Gasteiger partial charge is 0.302 e. The highest BCUT2D eigenvalue weighted by Crippen LogP contribution is 2.28. The Morgan fingerprint density at radius 1 is 1.53 bits per heavy atom. The summed E-state index contributed by atoms with van der Waals surface area (Å²) in [5.41, 5.74) is 4.88. The van der Waals surface area contributed by atoms with Crippen LogP contribution in [0.3, 0.4) is 0 Å². The Morgan fingerprint density at radius 3 is 2.07 bits per heavy atom. The molecule has 0 aliphatic rings. The Balaban J connectivity index is 0. The van der Waals surface area contributed by atoms with E-state index >= 15 is 0 Å². The molecular formula is C8H20N3O3P. The summed E-state index contributed by atoms with van der Waals surface area (Å²) in [4.78, 5) is 9.98. The predicted octanol–water partition coefficient (Wildman–Crippen LogP) is 0.967. The van der Waals surface area contributed by atoms with Gasteiger partial charge in [0.25, 0.3) is 0 Å². The van der Waals surface area contributed by atoms with Crippen LogP contribution in [0.2, 0.25) is 0 Å². The van der Waals surface area contributed by atoms with Crippen molar-refractivity contribution >= 4 is 19.2 Å². The molecule has 0 radical (unpaired) electrons. The predicted molar refractivity (Wildman–Crippen MR) is 61.4 cm³/mol. The fraction of sp³-hybridized carbons (Fsp3) is 0.750. The maximum Gasteiger partial charge on any atom is 0.302 e. The van der Waals surface area contributed by atoms with Crippen LogP contribution < -0.4 is 10.8 Å². The van der Waals surface area contributed by atoms with Crippen molar-refractivity contribution in [3.05, 3.63) is 0 Å². The van der Waals surface area contributed by atoms with Crippen molar-refractivity contribution in [2.75, 3.05) is 19.9 Å². The fourth-order valence-corrected chi connectivity index (χ4v) is 1.12. The molecular weight excluding hydrogens is 217 g/mol. The number of carbonyl (C=O) groups is 1. The summed E-state index contributed by atoms with van der Waals surface area (Å²) in [5, 5.41) is 8.94. The first-order valence-electron chi connectivity index (χ1n) is 4.49. The number of esters is 1. The van der Waals surface area contributed by atoms with Crippen LogP contribution >= 0.6 is 7.29 Å². The lowest BCUT2D eigenvalue weighted by Gasteiger charge is -2.06. The van der Waals surface area contributed by atoms with Gasteiger partial charge in [-0.05, 0) is 6.42 Å². The first kappa shape index (κ1) is 16.4. The molecule has 0 aromatic heterocycles. The van der Waals surface area contributed by atoms with E-state index in [9.17, 15) is 9.36 Å². The Hall–Kier alpha value is -1.03. The molecule has 0 fully saturated rings. The molecule has 0 aliphatic carbocycles. The van der Waals surface area contributed by atoms with Gasteiger partial charge in [-0.1, -0.05) is 6.92 Å². The van der Waals surface area contributed by atoms with Gasteiger partial charge >= 0.3 is 5.97 Å². The summed E-state index contributed by atoms with van der Waals surface area (Å²) in [5.74, 6) is -0.430. The van der Waals surface area contributed by atoms with E-state index in [4.69, 9.17) is 11.1 Å². The molecule has 0 aromatic rings. The summed E-state index contributed by atoms with van der Waals surface area (Å²) in [6, 6.07) is 0. The van der Waals surface area contributed by atoms with Gasteiger partial charge in [-0.3, -0.25) is 10.2 Å². The van der Waals surface area contributed by atoms with E-state index in [-0.39, 0.29) is 11.9 Å². The number of rotatable bonds is 3. The van der Waals surface area contributed by atoms with Gasteiger partial charge in [0.15, 0.2) is 13.3 Å². The van der Waals surface area contributed by atoms with Crippen LogP contribution in [-0.4, -0.2) is 31.9 Å². The average molecular weight is 237 g/mol. The molecule has 0 saturated heterocycles. The lowest BCUT2D eigenvalue weighted by atomic mass is 10.5. The van der Waals surface area contributed by atoms with Crippen LogP contribution in [0.4, 0.5) is 0 Å². The number of carbonyl (C=O) groups excluding carboxylic acids is 1. The minimum Gasteiger partial charge on any atom is -0.466 e. The standard InChI is InChI=1S/C5H10O2.C3H10N3OP/c1-3-4-7-5(2)6;1-8(2,7)6-3(4)5/h3-4H2,1-2H3;1-2H3,(H4,4,5,6,7). The van der Waals surface area contributed by atoms with Crippen LogP contribution in [0.1, 0.15) is 20.3 Å². The van der Waals surface area contributed by atoms with E-state index in [1.54, 1.807) is 0 Å².